The van der Waals surface area contributed by atoms with Gasteiger partial charge in [-0.25, -0.2) is 18.4 Å². The summed E-state index contributed by atoms with van der Waals surface area (Å²) in [7, 11) is -3.05. The maximum absolute atomic E-state index is 12.5. The molecule has 26 heavy (non-hydrogen) atoms. The minimum absolute atomic E-state index is 0.0174. The van der Waals surface area contributed by atoms with Gasteiger partial charge < -0.3 is 10.6 Å². The highest BCUT2D eigenvalue weighted by Gasteiger charge is 2.29. The number of anilines is 2. The molecule has 2 aromatic rings. The summed E-state index contributed by atoms with van der Waals surface area (Å²) in [5, 5.41) is 5.95. The minimum atomic E-state index is -3.05. The van der Waals surface area contributed by atoms with E-state index in [4.69, 9.17) is 0 Å². The van der Waals surface area contributed by atoms with Gasteiger partial charge in [-0.1, -0.05) is 6.07 Å². The molecule has 0 bridgehead atoms. The molecule has 1 aliphatic rings. The van der Waals surface area contributed by atoms with Crippen molar-refractivity contribution in [3.05, 3.63) is 46.9 Å². The molecule has 2 heterocycles. The lowest BCUT2D eigenvalue weighted by Gasteiger charge is -2.12. The third-order valence-corrected chi connectivity index (χ3v) is 5.90. The van der Waals surface area contributed by atoms with E-state index in [1.807, 2.05) is 26.0 Å². The number of aryl methyl sites for hydroxylation is 3. The first-order chi connectivity index (χ1) is 12.2. The summed E-state index contributed by atoms with van der Waals surface area (Å²) in [5.74, 6) is 0.688. The predicted molar refractivity (Wildman–Crippen MR) is 100 cm³/mol. The van der Waals surface area contributed by atoms with Crippen LogP contribution in [-0.2, 0) is 9.84 Å². The van der Waals surface area contributed by atoms with Crippen molar-refractivity contribution in [3.8, 4) is 0 Å². The van der Waals surface area contributed by atoms with Gasteiger partial charge in [0.2, 0.25) is 0 Å². The molecule has 1 aliphatic heterocycles. The SMILES string of the molecule is Cc1cc(C)cc(Nc2cc(C(=O)NC3CCS(=O)(=O)C3)nc(C)n2)c1. The molecule has 8 heteroatoms. The molecular weight excluding hydrogens is 352 g/mol. The van der Waals surface area contributed by atoms with E-state index in [0.717, 1.165) is 16.8 Å². The Morgan fingerprint density at radius 2 is 1.77 bits per heavy atom. The number of benzene rings is 1. The van der Waals surface area contributed by atoms with E-state index in [-0.39, 0.29) is 29.1 Å². The van der Waals surface area contributed by atoms with E-state index in [9.17, 15) is 13.2 Å². The van der Waals surface area contributed by atoms with Gasteiger partial charge in [0, 0.05) is 17.8 Å². The van der Waals surface area contributed by atoms with Crippen molar-refractivity contribution >= 4 is 27.2 Å². The number of carbonyl (C=O) groups is 1. The second kappa shape index (κ2) is 7.03. The van der Waals surface area contributed by atoms with E-state index in [1.165, 1.54) is 0 Å². The Balaban J connectivity index is 1.77. The van der Waals surface area contributed by atoms with Crippen molar-refractivity contribution < 1.29 is 13.2 Å². The Kier molecular flexibility index (Phi) is 4.95. The van der Waals surface area contributed by atoms with Gasteiger partial charge in [0.25, 0.3) is 5.91 Å². The molecule has 1 aromatic carbocycles. The number of nitrogens with one attached hydrogen (secondary N) is 2. The van der Waals surface area contributed by atoms with Gasteiger partial charge in [-0.2, -0.15) is 0 Å². The summed E-state index contributed by atoms with van der Waals surface area (Å²) in [6.07, 6.45) is 0.436. The van der Waals surface area contributed by atoms with Gasteiger partial charge >= 0.3 is 0 Å². The fraction of sp³-hybridized carbons (Fsp3) is 0.389. The lowest BCUT2D eigenvalue weighted by molar-refractivity contribution is 0.0935. The summed E-state index contributed by atoms with van der Waals surface area (Å²) in [4.78, 5) is 21.0. The number of hydrogen-bond acceptors (Lipinski definition) is 6. The molecule has 2 N–H and O–H groups in total. The molecule has 0 saturated carbocycles. The van der Waals surface area contributed by atoms with Crippen LogP contribution in [0.1, 0.15) is 33.9 Å². The molecule has 7 nitrogen and oxygen atoms in total. The first-order valence-corrected chi connectivity index (χ1v) is 10.2. The number of aromatic nitrogens is 2. The maximum atomic E-state index is 12.5. The highest BCUT2D eigenvalue weighted by molar-refractivity contribution is 7.91. The van der Waals surface area contributed by atoms with Crippen molar-refractivity contribution in [2.75, 3.05) is 16.8 Å². The van der Waals surface area contributed by atoms with Crippen molar-refractivity contribution in [3.63, 3.8) is 0 Å². The average molecular weight is 374 g/mol. The van der Waals surface area contributed by atoms with Gasteiger partial charge in [-0.05, 0) is 50.5 Å². The highest BCUT2D eigenvalue weighted by Crippen LogP contribution is 2.19. The molecular formula is C18H22N4O3S. The minimum Gasteiger partial charge on any atom is -0.347 e. The van der Waals surface area contributed by atoms with Gasteiger partial charge in [-0.15, -0.1) is 0 Å². The zero-order valence-corrected chi connectivity index (χ0v) is 15.9. The Morgan fingerprint density at radius 3 is 2.38 bits per heavy atom. The van der Waals surface area contributed by atoms with Crippen LogP contribution in [0.4, 0.5) is 11.5 Å². The van der Waals surface area contributed by atoms with Crippen molar-refractivity contribution in [2.24, 2.45) is 0 Å². The summed E-state index contributed by atoms with van der Waals surface area (Å²) in [6.45, 7) is 5.74. The third-order valence-electron chi connectivity index (χ3n) is 4.13. The lowest BCUT2D eigenvalue weighted by Crippen LogP contribution is -2.36. The first-order valence-electron chi connectivity index (χ1n) is 8.42. The molecule has 138 valence electrons. The predicted octanol–water partition coefficient (Wildman–Crippen LogP) is 2.06. The molecule has 1 fully saturated rings. The van der Waals surface area contributed by atoms with Crippen molar-refractivity contribution in [1.82, 2.24) is 15.3 Å². The second-order valence-corrected chi connectivity index (χ2v) is 8.99. The molecule has 0 radical (unpaired) electrons. The fourth-order valence-electron chi connectivity index (χ4n) is 3.11. The van der Waals surface area contributed by atoms with Crippen molar-refractivity contribution in [2.45, 2.75) is 33.2 Å². The van der Waals surface area contributed by atoms with E-state index < -0.39 is 9.84 Å². The molecule has 0 spiro atoms. The van der Waals surface area contributed by atoms with Crippen LogP contribution in [0.15, 0.2) is 24.3 Å². The summed E-state index contributed by atoms with van der Waals surface area (Å²) in [5.41, 5.74) is 3.35. The smallest absolute Gasteiger partial charge is 0.270 e. The Labute approximate surface area is 153 Å². The largest absolute Gasteiger partial charge is 0.347 e. The first kappa shape index (κ1) is 18.3. The quantitative estimate of drug-likeness (QED) is 0.849. The van der Waals surface area contributed by atoms with Crippen molar-refractivity contribution in [1.29, 1.82) is 0 Å². The highest BCUT2D eigenvalue weighted by atomic mass is 32.2. The van der Waals surface area contributed by atoms with Crippen LogP contribution in [0.5, 0.6) is 0 Å². The zero-order valence-electron chi connectivity index (χ0n) is 15.0. The van der Waals surface area contributed by atoms with E-state index in [2.05, 4.69) is 26.7 Å². The Bertz CT molecular complexity index is 937. The number of amides is 1. The number of nitrogens with zero attached hydrogens (tertiary/aromatic N) is 2. The van der Waals surface area contributed by atoms with Gasteiger partial charge in [0.05, 0.1) is 11.5 Å². The monoisotopic (exact) mass is 374 g/mol. The maximum Gasteiger partial charge on any atom is 0.270 e. The average Bonchev–Trinajstić information content (AvgIpc) is 2.84. The molecule has 1 amide bonds. The summed E-state index contributed by atoms with van der Waals surface area (Å²) < 4.78 is 23.1. The van der Waals surface area contributed by atoms with Gasteiger partial charge in [-0.3, -0.25) is 4.79 Å². The fourth-order valence-corrected chi connectivity index (χ4v) is 4.78. The summed E-state index contributed by atoms with van der Waals surface area (Å²) in [6, 6.07) is 7.27. The van der Waals surface area contributed by atoms with Crippen LogP contribution in [0.3, 0.4) is 0 Å². The molecule has 1 unspecified atom stereocenters. The Hall–Kier alpha value is -2.48. The van der Waals surface area contributed by atoms with E-state index in [1.54, 1.807) is 13.0 Å². The standard InChI is InChI=1S/C18H22N4O3S/c1-11-6-12(2)8-15(7-11)21-17-9-16(19-13(3)20-17)18(23)22-14-4-5-26(24,25)10-14/h6-9,14H,4-5,10H2,1-3H3,(H,22,23)(H,19,20,21). The van der Waals surface area contributed by atoms with Crippen LogP contribution in [0, 0.1) is 20.8 Å². The van der Waals surface area contributed by atoms with Gasteiger partial charge in [0.1, 0.15) is 17.3 Å². The number of hydrogen-bond donors (Lipinski definition) is 2. The van der Waals surface area contributed by atoms with Crippen LogP contribution in [-0.4, -0.2) is 41.8 Å². The van der Waals surface area contributed by atoms with Crippen LogP contribution >= 0.6 is 0 Å². The number of rotatable bonds is 4. The van der Waals surface area contributed by atoms with Crippen LogP contribution in [0.2, 0.25) is 0 Å². The van der Waals surface area contributed by atoms with Crippen LogP contribution < -0.4 is 10.6 Å². The second-order valence-electron chi connectivity index (χ2n) is 6.76. The van der Waals surface area contributed by atoms with E-state index in [0.29, 0.717) is 18.1 Å². The zero-order chi connectivity index (χ0) is 18.9. The Morgan fingerprint density at radius 1 is 1.08 bits per heavy atom. The molecule has 1 saturated heterocycles. The normalized spacial score (nSPS) is 18.5. The molecule has 3 rings (SSSR count). The van der Waals surface area contributed by atoms with Gasteiger partial charge in [0.15, 0.2) is 9.84 Å². The molecule has 1 atom stereocenters. The number of sulfone groups is 1. The molecule has 0 aliphatic carbocycles. The lowest BCUT2D eigenvalue weighted by atomic mass is 10.1. The molecule has 1 aromatic heterocycles. The summed E-state index contributed by atoms with van der Waals surface area (Å²) >= 11 is 0. The topological polar surface area (TPSA) is 101 Å². The third kappa shape index (κ3) is 4.57. The van der Waals surface area contributed by atoms with E-state index >= 15 is 0 Å². The number of carbonyl (C=O) groups excluding carboxylic acids is 1. The van der Waals surface area contributed by atoms with Crippen LogP contribution in [0.25, 0.3) is 0 Å².